The number of aliphatic carboxylic acids is 1. The number of carbonyl (C=O) groups excluding carboxylic acids is 3. The van der Waals surface area contributed by atoms with Crippen molar-refractivity contribution < 1.29 is 50.6 Å². The topological polar surface area (TPSA) is 154 Å². The van der Waals surface area contributed by atoms with Gasteiger partial charge in [0.15, 0.2) is 0 Å². The fourth-order valence-corrected chi connectivity index (χ4v) is 6.77. The molecule has 0 spiro atoms. The van der Waals surface area contributed by atoms with Gasteiger partial charge in [-0.1, -0.05) is 18.2 Å². The first-order valence-corrected chi connectivity index (χ1v) is 15.0. The van der Waals surface area contributed by atoms with Gasteiger partial charge in [0.2, 0.25) is 15.9 Å². The van der Waals surface area contributed by atoms with Gasteiger partial charge in [0.1, 0.15) is 17.8 Å². The highest BCUT2D eigenvalue weighted by atomic mass is 32.2. The van der Waals surface area contributed by atoms with Crippen LogP contribution in [0.3, 0.4) is 0 Å². The Morgan fingerprint density at radius 2 is 1.75 bits per heavy atom. The van der Waals surface area contributed by atoms with Crippen molar-refractivity contribution in [2.45, 2.75) is 55.4 Å². The number of fused-ring (bicyclic) bond motifs is 1. The van der Waals surface area contributed by atoms with Crippen LogP contribution in [0.4, 0.5) is 18.0 Å². The number of benzene rings is 2. The Hall–Kier alpha value is -4.18. The van der Waals surface area contributed by atoms with E-state index in [1.165, 1.54) is 61.5 Å². The Kier molecular flexibility index (Phi) is 9.53. The van der Waals surface area contributed by atoms with Crippen LogP contribution in [0.25, 0.3) is 0 Å². The van der Waals surface area contributed by atoms with Crippen molar-refractivity contribution in [3.63, 3.8) is 0 Å². The fourth-order valence-electron chi connectivity index (χ4n) is 5.06. The molecule has 2 atom stereocenters. The van der Waals surface area contributed by atoms with Gasteiger partial charge in [0.25, 0.3) is 0 Å². The summed E-state index contributed by atoms with van der Waals surface area (Å²) in [6, 6.07) is 7.40. The van der Waals surface area contributed by atoms with Crippen molar-refractivity contribution >= 4 is 33.9 Å². The molecule has 4 rings (SSSR count). The number of nitrogens with one attached hydrogen (secondary N) is 1. The van der Waals surface area contributed by atoms with Gasteiger partial charge in [-0.25, -0.2) is 18.0 Å². The average Bonchev–Trinajstić information content (AvgIpc) is 3.47. The number of alkyl halides is 3. The molecule has 44 heavy (non-hydrogen) atoms. The molecule has 2 aromatic carbocycles. The van der Waals surface area contributed by atoms with Crippen LogP contribution < -0.4 is 10.1 Å². The minimum Gasteiger partial charge on any atom is -0.480 e. The van der Waals surface area contributed by atoms with Crippen LogP contribution in [0.1, 0.15) is 29.5 Å². The third-order valence-electron chi connectivity index (χ3n) is 7.38. The van der Waals surface area contributed by atoms with E-state index < -0.39 is 58.7 Å². The molecule has 0 aromatic heterocycles. The zero-order valence-electron chi connectivity index (χ0n) is 23.8. The van der Waals surface area contributed by atoms with E-state index in [0.717, 1.165) is 4.31 Å². The van der Waals surface area contributed by atoms with Crippen molar-refractivity contribution in [1.29, 1.82) is 0 Å². The Morgan fingerprint density at radius 3 is 2.36 bits per heavy atom. The van der Waals surface area contributed by atoms with Gasteiger partial charge in [-0.2, -0.15) is 17.5 Å². The molecule has 12 nitrogen and oxygen atoms in total. The molecule has 1 saturated heterocycles. The summed E-state index contributed by atoms with van der Waals surface area (Å²) in [6.07, 6.45) is -5.23. The van der Waals surface area contributed by atoms with Crippen LogP contribution in [-0.2, 0) is 43.8 Å². The second kappa shape index (κ2) is 12.8. The summed E-state index contributed by atoms with van der Waals surface area (Å²) in [6.45, 7) is -0.605. The number of sulfonamides is 1. The summed E-state index contributed by atoms with van der Waals surface area (Å²) >= 11 is 0. The van der Waals surface area contributed by atoms with Crippen LogP contribution in [0, 0.1) is 0 Å². The normalized spacial score (nSPS) is 17.8. The standard InChI is InChI=1S/C28H31F3N4O8S/c1-33(2)27(40)43-20-8-5-17(6-9-20)14-22(25(37)38)32-24(36)23-4-3-12-35(23)44(41,42)21-10-7-18-11-13-34(16-19(18)15-21)26(39)28(29,30)31/h5-10,15,22-23H,3-4,11-14,16H2,1-2H3,(H,32,36)(H,37,38)/t22-,23-/m0/s1. The number of halogens is 3. The number of hydrogen-bond acceptors (Lipinski definition) is 7. The maximum Gasteiger partial charge on any atom is 0.471 e. The number of hydrogen-bond donors (Lipinski definition) is 2. The van der Waals surface area contributed by atoms with Crippen LogP contribution in [0.15, 0.2) is 47.4 Å². The third kappa shape index (κ3) is 7.30. The van der Waals surface area contributed by atoms with Gasteiger partial charge in [-0.3, -0.25) is 9.59 Å². The lowest BCUT2D eigenvalue weighted by Crippen LogP contribution is -2.51. The van der Waals surface area contributed by atoms with Crippen molar-refractivity contribution in [3.05, 3.63) is 59.2 Å². The van der Waals surface area contributed by atoms with Gasteiger partial charge >= 0.3 is 24.1 Å². The Bertz CT molecular complexity index is 1550. The number of carboxylic acid groups (broad SMARTS) is 1. The summed E-state index contributed by atoms with van der Waals surface area (Å²) < 4.78 is 72.2. The average molecular weight is 641 g/mol. The van der Waals surface area contributed by atoms with E-state index in [9.17, 15) is 45.9 Å². The second-order valence-electron chi connectivity index (χ2n) is 10.7. The van der Waals surface area contributed by atoms with Gasteiger partial charge in [-0.15, -0.1) is 0 Å². The van der Waals surface area contributed by atoms with E-state index in [1.807, 2.05) is 0 Å². The molecule has 2 aromatic rings. The van der Waals surface area contributed by atoms with E-state index in [-0.39, 0.29) is 48.6 Å². The van der Waals surface area contributed by atoms with Crippen LogP contribution in [0.5, 0.6) is 5.75 Å². The lowest BCUT2D eigenvalue weighted by Gasteiger charge is -2.30. The Morgan fingerprint density at radius 1 is 1.07 bits per heavy atom. The van der Waals surface area contributed by atoms with Gasteiger partial charge in [0.05, 0.1) is 4.90 Å². The zero-order valence-corrected chi connectivity index (χ0v) is 24.7. The molecule has 2 heterocycles. The number of rotatable bonds is 8. The largest absolute Gasteiger partial charge is 0.480 e. The molecular weight excluding hydrogens is 609 g/mol. The third-order valence-corrected chi connectivity index (χ3v) is 9.28. The van der Waals surface area contributed by atoms with E-state index in [1.54, 1.807) is 0 Å². The molecule has 16 heteroatoms. The SMILES string of the molecule is CN(C)C(=O)Oc1ccc(C[C@H](NC(=O)[C@@H]2CCCN2S(=O)(=O)c2ccc3c(c2)CN(C(=O)C(F)(F)F)CC3)C(=O)O)cc1. The molecule has 0 aliphatic carbocycles. The van der Waals surface area contributed by atoms with E-state index in [0.29, 0.717) is 22.4 Å². The molecule has 2 aliphatic rings. The summed E-state index contributed by atoms with van der Waals surface area (Å²) in [7, 11) is -1.29. The molecule has 0 radical (unpaired) electrons. The first kappa shape index (κ1) is 32.7. The number of nitrogens with zero attached hydrogens (tertiary/aromatic N) is 3. The molecule has 0 bridgehead atoms. The van der Waals surface area contributed by atoms with Crippen molar-refractivity contribution in [3.8, 4) is 5.75 Å². The van der Waals surface area contributed by atoms with Crippen molar-refractivity contribution in [2.24, 2.45) is 0 Å². The first-order chi connectivity index (χ1) is 20.6. The lowest BCUT2D eigenvalue weighted by atomic mass is 10.00. The molecule has 0 unspecified atom stereocenters. The lowest BCUT2D eigenvalue weighted by molar-refractivity contribution is -0.186. The fraction of sp³-hybridized carbons (Fsp3) is 0.429. The maximum absolute atomic E-state index is 13.6. The van der Waals surface area contributed by atoms with Gasteiger partial charge < -0.3 is 25.0 Å². The number of amides is 3. The molecule has 2 N–H and O–H groups in total. The highest BCUT2D eigenvalue weighted by Gasteiger charge is 2.44. The Labute approximate surface area is 251 Å². The summed E-state index contributed by atoms with van der Waals surface area (Å²) in [5.74, 6) is -3.93. The van der Waals surface area contributed by atoms with E-state index >= 15 is 0 Å². The summed E-state index contributed by atoms with van der Waals surface area (Å²) in [5.41, 5.74) is 1.37. The highest BCUT2D eigenvalue weighted by Crippen LogP contribution is 2.30. The molecular formula is C28H31F3N4O8S. The monoisotopic (exact) mass is 640 g/mol. The number of ether oxygens (including phenoxy) is 1. The minimum atomic E-state index is -5.06. The highest BCUT2D eigenvalue weighted by molar-refractivity contribution is 7.89. The van der Waals surface area contributed by atoms with Crippen LogP contribution in [0.2, 0.25) is 0 Å². The van der Waals surface area contributed by atoms with E-state index in [4.69, 9.17) is 4.74 Å². The van der Waals surface area contributed by atoms with Gasteiger partial charge in [0, 0.05) is 40.2 Å². The number of carbonyl (C=O) groups is 4. The molecule has 0 saturated carbocycles. The minimum absolute atomic E-state index is 0.0267. The quantitative estimate of drug-likeness (QED) is 0.445. The van der Waals surface area contributed by atoms with Gasteiger partial charge in [-0.05, 0) is 60.2 Å². The zero-order chi connectivity index (χ0) is 32.4. The molecule has 238 valence electrons. The van der Waals surface area contributed by atoms with Crippen molar-refractivity contribution in [1.82, 2.24) is 19.4 Å². The summed E-state index contributed by atoms with van der Waals surface area (Å²) in [4.78, 5) is 50.3. The van der Waals surface area contributed by atoms with Crippen molar-refractivity contribution in [2.75, 3.05) is 27.2 Å². The summed E-state index contributed by atoms with van der Waals surface area (Å²) in [5, 5.41) is 12.2. The molecule has 2 aliphatic heterocycles. The Balaban J connectivity index is 1.46. The first-order valence-electron chi connectivity index (χ1n) is 13.6. The van der Waals surface area contributed by atoms with Crippen LogP contribution >= 0.6 is 0 Å². The van der Waals surface area contributed by atoms with Crippen LogP contribution in [-0.4, -0.2) is 97.0 Å². The maximum atomic E-state index is 13.6. The molecule has 1 fully saturated rings. The number of carboxylic acids is 1. The predicted molar refractivity (Wildman–Crippen MR) is 148 cm³/mol. The van der Waals surface area contributed by atoms with E-state index in [2.05, 4.69) is 5.32 Å². The predicted octanol–water partition coefficient (Wildman–Crippen LogP) is 2.16. The smallest absolute Gasteiger partial charge is 0.471 e. The molecule has 3 amide bonds. The second-order valence-corrected chi connectivity index (χ2v) is 12.6.